The van der Waals surface area contributed by atoms with E-state index in [1.807, 2.05) is 30.3 Å². The number of halogens is 2. The van der Waals surface area contributed by atoms with Gasteiger partial charge >= 0.3 is 34.5 Å². The van der Waals surface area contributed by atoms with Crippen LogP contribution >= 0.6 is 19.4 Å². The molecule has 0 saturated heterocycles. The van der Waals surface area contributed by atoms with Gasteiger partial charge in [-0.1, -0.05) is 43.7 Å². The summed E-state index contributed by atoms with van der Waals surface area (Å²) in [5.74, 6) is 0.262. The molecule has 1 rings (SSSR count). The fourth-order valence-electron chi connectivity index (χ4n) is 1.11. The Kier molecular flexibility index (Phi) is 10.7. The third-order valence-electron chi connectivity index (χ3n) is 1.85. The molecule has 1 aromatic carbocycles. The van der Waals surface area contributed by atoms with Crippen molar-refractivity contribution < 1.29 is 19.9 Å². The van der Waals surface area contributed by atoms with Gasteiger partial charge in [0.2, 0.25) is 0 Å². The minimum absolute atomic E-state index is 0.262. The van der Waals surface area contributed by atoms with Gasteiger partial charge < -0.3 is 0 Å². The van der Waals surface area contributed by atoms with Crippen LogP contribution in [0.3, 0.4) is 0 Å². The van der Waals surface area contributed by atoms with E-state index >= 15 is 0 Å². The molecule has 0 N–H and O–H groups in total. The second-order valence-electron chi connectivity index (χ2n) is 2.99. The van der Waals surface area contributed by atoms with Crippen molar-refractivity contribution in [3.05, 3.63) is 35.9 Å². The molecule has 0 aliphatic rings. The molecule has 80 valence electrons. The molecule has 1 nitrogen and oxygen atoms in total. The summed E-state index contributed by atoms with van der Waals surface area (Å²) in [6, 6.07) is 9.48. The maximum atomic E-state index is 11.4. The zero-order valence-electron chi connectivity index (χ0n) is 8.88. The molecule has 0 saturated carbocycles. The second kappa shape index (κ2) is 10.6. The fourth-order valence-corrected chi connectivity index (χ4v) is 1.11. The number of carbonyl (C=O) groups is 1. The fraction of sp³-hybridized carbons (Fsp3) is 0.364. The molecule has 0 aliphatic carbocycles. The van der Waals surface area contributed by atoms with Gasteiger partial charge in [0.25, 0.3) is 0 Å². The quantitative estimate of drug-likeness (QED) is 0.593. The summed E-state index contributed by atoms with van der Waals surface area (Å²) >= 11 is -0.931. The number of Topliss-reactive ketones (excluding diaryl/α,β-unsaturated/α-hetero) is 1. The average Bonchev–Trinajstić information content (AvgIpc) is 2.28. The van der Waals surface area contributed by atoms with Gasteiger partial charge in [0.15, 0.2) is 5.78 Å². The van der Waals surface area contributed by atoms with Crippen LogP contribution in [-0.4, -0.2) is 5.78 Å². The van der Waals surface area contributed by atoms with Gasteiger partial charge in [0.05, 0.1) is 0 Å². The van der Waals surface area contributed by atoms with Crippen LogP contribution in [0.4, 0.5) is 0 Å². The van der Waals surface area contributed by atoms with Crippen LogP contribution in [0.25, 0.3) is 0 Å². The maximum absolute atomic E-state index is 11.4. The molecule has 0 radical (unpaired) electrons. The van der Waals surface area contributed by atoms with Gasteiger partial charge in [0, 0.05) is 12.0 Å². The van der Waals surface area contributed by atoms with Crippen molar-refractivity contribution in [2.45, 2.75) is 26.2 Å². The summed E-state index contributed by atoms with van der Waals surface area (Å²) in [7, 11) is 9.90. The second-order valence-corrected chi connectivity index (χ2v) is 7.62. The molecule has 0 aliphatic heterocycles. The monoisotopic (exact) mass is 296 g/mol. The van der Waals surface area contributed by atoms with Crippen molar-refractivity contribution in [1.29, 1.82) is 0 Å². The third kappa shape index (κ3) is 7.96. The number of unbranched alkanes of at least 4 members (excludes halogenated alkanes) is 1. The van der Waals surface area contributed by atoms with Gasteiger partial charge in [-0.3, -0.25) is 4.79 Å². The molecule has 15 heavy (non-hydrogen) atoms. The van der Waals surface area contributed by atoms with Crippen LogP contribution < -0.4 is 0 Å². The molecule has 0 spiro atoms. The normalized spacial score (nSPS) is 8.47. The number of benzene rings is 1. The van der Waals surface area contributed by atoms with Crippen molar-refractivity contribution in [2.24, 2.45) is 0 Å². The Morgan fingerprint density at radius 3 is 2.27 bits per heavy atom. The first-order valence-corrected chi connectivity index (χ1v) is 12.8. The van der Waals surface area contributed by atoms with Crippen molar-refractivity contribution in [3.8, 4) is 0 Å². The Morgan fingerprint density at radius 1 is 1.27 bits per heavy atom. The van der Waals surface area contributed by atoms with Crippen LogP contribution in [0.1, 0.15) is 36.5 Å². The summed E-state index contributed by atoms with van der Waals surface area (Å²) in [6.45, 7) is 2.10. The topological polar surface area (TPSA) is 17.1 Å². The van der Waals surface area contributed by atoms with Gasteiger partial charge in [0.1, 0.15) is 0 Å². The van der Waals surface area contributed by atoms with Crippen molar-refractivity contribution in [1.82, 2.24) is 0 Å². The van der Waals surface area contributed by atoms with Crippen LogP contribution in [0.2, 0.25) is 0 Å². The molecule has 0 unspecified atom stereocenters. The van der Waals surface area contributed by atoms with E-state index in [9.17, 15) is 4.79 Å². The van der Waals surface area contributed by atoms with E-state index in [0.717, 1.165) is 18.4 Å². The molecule has 0 aromatic heterocycles. The van der Waals surface area contributed by atoms with E-state index in [1.165, 1.54) is 0 Å². The summed E-state index contributed by atoms with van der Waals surface area (Å²) in [6.07, 6.45) is 2.76. The van der Waals surface area contributed by atoms with E-state index in [-0.39, 0.29) is 5.78 Å². The standard InChI is InChI=1S/C11H14O.2ClH.Zn/c1-2-3-9-11(12)10-7-5-4-6-8-10;;;/h4-8H,2-3,9H2,1H3;2*1H;/q;;;+2/p-2. The van der Waals surface area contributed by atoms with Crippen molar-refractivity contribution in [2.75, 3.05) is 0 Å². The SMILES string of the molecule is CCCCC(=O)c1ccccc1.[Cl][Zn][Cl]. The van der Waals surface area contributed by atoms with E-state index in [2.05, 4.69) is 6.92 Å². The van der Waals surface area contributed by atoms with E-state index in [4.69, 9.17) is 19.4 Å². The van der Waals surface area contributed by atoms with E-state index in [1.54, 1.807) is 0 Å². The molecule has 0 amide bonds. The van der Waals surface area contributed by atoms with Crippen molar-refractivity contribution >= 4 is 25.2 Å². The Labute approximate surface area is 107 Å². The Hall–Kier alpha value is 0.0934. The zero-order valence-corrected chi connectivity index (χ0v) is 13.4. The summed E-state index contributed by atoms with van der Waals surface area (Å²) in [4.78, 5) is 11.4. The Balaban J connectivity index is 0.000000583. The average molecular weight is 299 g/mol. The molecule has 0 heterocycles. The van der Waals surface area contributed by atoms with E-state index in [0.29, 0.717) is 6.42 Å². The van der Waals surface area contributed by atoms with Crippen LogP contribution in [0, 0.1) is 0 Å². The number of ketones is 1. The molecular formula is C11H14Cl2OZn. The van der Waals surface area contributed by atoms with Crippen LogP contribution in [0.5, 0.6) is 0 Å². The Bertz CT molecular complexity index is 265. The van der Waals surface area contributed by atoms with Crippen molar-refractivity contribution in [3.63, 3.8) is 0 Å². The third-order valence-corrected chi connectivity index (χ3v) is 1.85. The molecule has 1 aromatic rings. The van der Waals surface area contributed by atoms with Crippen LogP contribution in [-0.2, 0) is 15.1 Å². The van der Waals surface area contributed by atoms with Crippen LogP contribution in [0.15, 0.2) is 30.3 Å². The molecule has 4 heteroatoms. The predicted molar refractivity (Wildman–Crippen MR) is 62.0 cm³/mol. The number of carbonyl (C=O) groups excluding carboxylic acids is 1. The number of rotatable bonds is 4. The summed E-state index contributed by atoms with van der Waals surface area (Å²) < 4.78 is 0. The number of hydrogen-bond acceptors (Lipinski definition) is 1. The van der Waals surface area contributed by atoms with Gasteiger partial charge in [-0.2, -0.15) is 0 Å². The molecular weight excluding hydrogens is 284 g/mol. The predicted octanol–water partition coefficient (Wildman–Crippen LogP) is 4.44. The number of hydrogen-bond donors (Lipinski definition) is 0. The first-order chi connectivity index (χ1) is 7.26. The van der Waals surface area contributed by atoms with E-state index < -0.39 is 15.1 Å². The van der Waals surface area contributed by atoms with Gasteiger partial charge in [-0.15, -0.1) is 0 Å². The molecule has 0 fully saturated rings. The summed E-state index contributed by atoms with van der Waals surface area (Å²) in [5.41, 5.74) is 0.839. The first-order valence-electron chi connectivity index (χ1n) is 4.96. The summed E-state index contributed by atoms with van der Waals surface area (Å²) in [5, 5.41) is 0. The minimum atomic E-state index is -0.931. The van der Waals surface area contributed by atoms with Gasteiger partial charge in [-0.25, -0.2) is 0 Å². The Morgan fingerprint density at radius 2 is 1.80 bits per heavy atom. The first kappa shape index (κ1) is 15.1. The zero-order chi connectivity index (χ0) is 11.5. The van der Waals surface area contributed by atoms with Gasteiger partial charge in [-0.05, 0) is 6.42 Å². The molecule has 0 atom stereocenters. The molecule has 0 bridgehead atoms.